The maximum atomic E-state index is 11.0. The minimum atomic E-state index is -1.05. The first-order valence-electron chi connectivity index (χ1n) is 4.62. The van der Waals surface area contributed by atoms with Gasteiger partial charge in [-0.1, -0.05) is 0 Å². The lowest BCUT2D eigenvalue weighted by atomic mass is 10.2. The molecule has 0 bridgehead atoms. The Hall–Kier alpha value is -1.30. The Kier molecular flexibility index (Phi) is 3.70. The zero-order valence-electron chi connectivity index (χ0n) is 7.82. The van der Waals surface area contributed by atoms with Crippen molar-refractivity contribution in [3.63, 3.8) is 0 Å². The van der Waals surface area contributed by atoms with Crippen molar-refractivity contribution in [1.82, 2.24) is 10.6 Å². The average molecular weight is 201 g/mol. The number of carbonyl (C=O) groups is 2. The fourth-order valence-electron chi connectivity index (χ4n) is 0.929. The van der Waals surface area contributed by atoms with Crippen LogP contribution in [0, 0.1) is 0 Å². The third-order valence-corrected chi connectivity index (χ3v) is 1.97. The van der Waals surface area contributed by atoms with Crippen LogP contribution in [-0.4, -0.2) is 35.7 Å². The van der Waals surface area contributed by atoms with Gasteiger partial charge in [0.2, 0.25) is 0 Å². The van der Waals surface area contributed by atoms with Crippen molar-refractivity contribution in [2.45, 2.75) is 31.3 Å². The van der Waals surface area contributed by atoms with E-state index in [0.29, 0.717) is 6.04 Å². The van der Waals surface area contributed by atoms with Crippen LogP contribution in [0.15, 0.2) is 0 Å². The minimum Gasteiger partial charge on any atom is -0.480 e. The number of nitrogens with two attached hydrogens (primary N) is 1. The molecular formula is C8H15N3O3. The van der Waals surface area contributed by atoms with Crippen molar-refractivity contribution in [2.24, 2.45) is 5.73 Å². The van der Waals surface area contributed by atoms with Crippen LogP contribution in [0.25, 0.3) is 0 Å². The summed E-state index contributed by atoms with van der Waals surface area (Å²) < 4.78 is 0. The molecule has 1 aliphatic carbocycles. The highest BCUT2D eigenvalue weighted by molar-refractivity contribution is 5.75. The summed E-state index contributed by atoms with van der Waals surface area (Å²) >= 11 is 0. The number of rotatable bonds is 5. The predicted octanol–water partition coefficient (Wildman–Crippen LogP) is -0.750. The van der Waals surface area contributed by atoms with Crippen molar-refractivity contribution in [1.29, 1.82) is 0 Å². The molecule has 0 aromatic carbocycles. The average Bonchev–Trinajstić information content (AvgIpc) is 2.87. The number of nitrogens with one attached hydrogen (secondary N) is 2. The van der Waals surface area contributed by atoms with E-state index in [1.54, 1.807) is 0 Å². The highest BCUT2D eigenvalue weighted by Gasteiger charge is 2.23. The van der Waals surface area contributed by atoms with E-state index in [2.05, 4.69) is 10.6 Å². The Morgan fingerprint density at radius 3 is 2.64 bits per heavy atom. The molecule has 2 amide bonds. The molecule has 80 valence electrons. The van der Waals surface area contributed by atoms with Gasteiger partial charge < -0.3 is 21.5 Å². The maximum Gasteiger partial charge on any atom is 0.320 e. The van der Waals surface area contributed by atoms with E-state index in [4.69, 9.17) is 10.8 Å². The lowest BCUT2D eigenvalue weighted by Gasteiger charge is -2.08. The molecule has 1 saturated carbocycles. The molecule has 6 nitrogen and oxygen atoms in total. The highest BCUT2D eigenvalue weighted by Crippen LogP contribution is 2.18. The largest absolute Gasteiger partial charge is 0.480 e. The van der Waals surface area contributed by atoms with E-state index < -0.39 is 12.0 Å². The standard InChI is InChI=1S/C8H15N3O3/c9-6(7(12)13)3-4-10-8(14)11-5-1-2-5/h5-6H,1-4,9H2,(H,12,13)(H2,10,11,14)/t6-/m0/s1. The molecule has 0 heterocycles. The number of hydrogen-bond donors (Lipinski definition) is 4. The lowest BCUT2D eigenvalue weighted by molar-refractivity contribution is -0.138. The molecule has 0 aromatic heterocycles. The van der Waals surface area contributed by atoms with Crippen LogP contribution >= 0.6 is 0 Å². The zero-order valence-corrected chi connectivity index (χ0v) is 7.82. The maximum absolute atomic E-state index is 11.0. The van der Waals surface area contributed by atoms with Gasteiger partial charge in [-0.3, -0.25) is 4.79 Å². The predicted molar refractivity (Wildman–Crippen MR) is 49.8 cm³/mol. The number of aliphatic carboxylic acids is 1. The molecule has 1 rings (SSSR count). The second kappa shape index (κ2) is 4.80. The van der Waals surface area contributed by atoms with E-state index in [1.165, 1.54) is 0 Å². The first kappa shape index (κ1) is 10.8. The summed E-state index contributed by atoms with van der Waals surface area (Å²) in [6, 6.07) is -0.843. The van der Waals surface area contributed by atoms with Gasteiger partial charge in [0.15, 0.2) is 0 Å². The molecule has 0 radical (unpaired) electrons. The first-order chi connectivity index (χ1) is 6.59. The number of hydrogen-bond acceptors (Lipinski definition) is 3. The van der Waals surface area contributed by atoms with Crippen molar-refractivity contribution in [2.75, 3.05) is 6.54 Å². The second-order valence-corrected chi connectivity index (χ2v) is 3.41. The van der Waals surface area contributed by atoms with Crippen LogP contribution in [-0.2, 0) is 4.79 Å². The summed E-state index contributed by atoms with van der Waals surface area (Å²) in [6.45, 7) is 0.284. The molecule has 0 aliphatic heterocycles. The molecule has 0 unspecified atom stereocenters. The Bertz CT molecular complexity index is 228. The van der Waals surface area contributed by atoms with Gasteiger partial charge in [-0.2, -0.15) is 0 Å². The molecule has 1 atom stereocenters. The molecule has 5 N–H and O–H groups in total. The van der Waals surface area contributed by atoms with Crippen LogP contribution in [0.4, 0.5) is 4.79 Å². The van der Waals surface area contributed by atoms with Gasteiger partial charge in [0, 0.05) is 12.6 Å². The molecule has 6 heteroatoms. The van der Waals surface area contributed by atoms with Gasteiger partial charge in [0.05, 0.1) is 0 Å². The normalized spacial score (nSPS) is 17.2. The van der Waals surface area contributed by atoms with E-state index >= 15 is 0 Å². The molecule has 0 spiro atoms. The van der Waals surface area contributed by atoms with E-state index in [1.807, 2.05) is 0 Å². The van der Waals surface area contributed by atoms with Crippen LogP contribution in [0.5, 0.6) is 0 Å². The topological polar surface area (TPSA) is 104 Å². The van der Waals surface area contributed by atoms with Gasteiger partial charge >= 0.3 is 12.0 Å². The van der Waals surface area contributed by atoms with Crippen molar-refractivity contribution >= 4 is 12.0 Å². The van der Waals surface area contributed by atoms with Crippen molar-refractivity contribution in [3.8, 4) is 0 Å². The van der Waals surface area contributed by atoms with Gasteiger partial charge in [-0.15, -0.1) is 0 Å². The number of carboxylic acids is 1. The molecule has 0 aromatic rings. The first-order valence-corrected chi connectivity index (χ1v) is 4.62. The SMILES string of the molecule is N[C@@H](CCNC(=O)NC1CC1)C(=O)O. The Morgan fingerprint density at radius 1 is 1.50 bits per heavy atom. The third kappa shape index (κ3) is 4.08. The van der Waals surface area contributed by atoms with Gasteiger partial charge in [0.1, 0.15) is 6.04 Å². The Morgan fingerprint density at radius 2 is 2.14 bits per heavy atom. The number of urea groups is 1. The lowest BCUT2D eigenvalue weighted by Crippen LogP contribution is -2.40. The smallest absolute Gasteiger partial charge is 0.320 e. The third-order valence-electron chi connectivity index (χ3n) is 1.97. The van der Waals surface area contributed by atoms with E-state index in [0.717, 1.165) is 12.8 Å². The van der Waals surface area contributed by atoms with Crippen molar-refractivity contribution < 1.29 is 14.7 Å². The fraction of sp³-hybridized carbons (Fsp3) is 0.750. The monoisotopic (exact) mass is 201 g/mol. The van der Waals surface area contributed by atoms with Gasteiger partial charge in [0.25, 0.3) is 0 Å². The van der Waals surface area contributed by atoms with Crippen molar-refractivity contribution in [3.05, 3.63) is 0 Å². The highest BCUT2D eigenvalue weighted by atomic mass is 16.4. The summed E-state index contributed by atoms with van der Waals surface area (Å²) in [6.07, 6.45) is 2.30. The Balaban J connectivity index is 2.01. The molecular weight excluding hydrogens is 186 g/mol. The summed E-state index contributed by atoms with van der Waals surface area (Å²) in [7, 11) is 0. The number of amides is 2. The summed E-state index contributed by atoms with van der Waals surface area (Å²) in [4.78, 5) is 21.3. The fourth-order valence-corrected chi connectivity index (χ4v) is 0.929. The number of carbonyl (C=O) groups excluding carboxylic acids is 1. The van der Waals surface area contributed by atoms with Crippen LogP contribution in [0.2, 0.25) is 0 Å². The second-order valence-electron chi connectivity index (χ2n) is 3.41. The summed E-state index contributed by atoms with van der Waals surface area (Å²) in [5.41, 5.74) is 5.25. The molecule has 1 aliphatic rings. The van der Waals surface area contributed by atoms with Gasteiger partial charge in [-0.25, -0.2) is 4.79 Å². The van der Waals surface area contributed by atoms with Gasteiger partial charge in [-0.05, 0) is 19.3 Å². The van der Waals surface area contributed by atoms with Crippen LogP contribution in [0.3, 0.4) is 0 Å². The zero-order chi connectivity index (χ0) is 10.6. The summed E-state index contributed by atoms with van der Waals surface area (Å²) in [5, 5.41) is 13.7. The van der Waals surface area contributed by atoms with E-state index in [9.17, 15) is 9.59 Å². The molecule has 1 fully saturated rings. The number of carboxylic acid groups (broad SMARTS) is 1. The molecule has 0 saturated heterocycles. The van der Waals surface area contributed by atoms with Crippen LogP contribution < -0.4 is 16.4 Å². The molecule has 14 heavy (non-hydrogen) atoms. The summed E-state index contributed by atoms with van der Waals surface area (Å²) in [5.74, 6) is -1.05. The van der Waals surface area contributed by atoms with Crippen LogP contribution in [0.1, 0.15) is 19.3 Å². The minimum absolute atomic E-state index is 0.243. The quantitative estimate of drug-likeness (QED) is 0.469. The van der Waals surface area contributed by atoms with E-state index in [-0.39, 0.29) is 19.0 Å². The Labute approximate surface area is 81.8 Å².